The number of benzene rings is 1. The number of rotatable bonds is 1. The van der Waals surface area contributed by atoms with E-state index in [1.807, 2.05) is 31.2 Å². The number of carbonyl (C=O) groups excluding carboxylic acids is 1. The Labute approximate surface area is 134 Å². The van der Waals surface area contributed by atoms with E-state index in [0.717, 1.165) is 22.2 Å². The molecule has 1 saturated heterocycles. The molecule has 5 nitrogen and oxygen atoms in total. The van der Waals surface area contributed by atoms with Crippen LogP contribution in [0, 0.1) is 13.8 Å². The molecule has 5 heteroatoms. The van der Waals surface area contributed by atoms with Gasteiger partial charge in [-0.1, -0.05) is 11.6 Å². The van der Waals surface area contributed by atoms with E-state index in [1.54, 1.807) is 11.1 Å². The molecule has 118 valence electrons. The third-order valence-corrected chi connectivity index (χ3v) is 4.90. The molecule has 1 aromatic heterocycles. The molecule has 1 fully saturated rings. The predicted molar refractivity (Wildman–Crippen MR) is 87.8 cm³/mol. The summed E-state index contributed by atoms with van der Waals surface area (Å²) in [6.45, 7) is 5.52. The summed E-state index contributed by atoms with van der Waals surface area (Å²) >= 11 is 0. The summed E-state index contributed by atoms with van der Waals surface area (Å²) in [5.41, 5.74) is 4.65. The largest absolute Gasteiger partial charge is 0.350 e. The maximum atomic E-state index is 12.9. The van der Waals surface area contributed by atoms with Gasteiger partial charge in [-0.25, -0.2) is 5.21 Å². The molecule has 1 amide bonds. The van der Waals surface area contributed by atoms with Gasteiger partial charge in [-0.15, -0.1) is 4.65 Å². The summed E-state index contributed by atoms with van der Waals surface area (Å²) in [5, 5.41) is 11.5. The van der Waals surface area contributed by atoms with Crippen LogP contribution >= 0.6 is 0 Å². The molecule has 1 unspecified atom stereocenters. The van der Waals surface area contributed by atoms with Crippen molar-refractivity contribution in [3.8, 4) is 0 Å². The Morgan fingerprint density at radius 1 is 1.35 bits per heavy atom. The number of hydrogen-bond donors (Lipinski definition) is 2. The van der Waals surface area contributed by atoms with Gasteiger partial charge in [0.05, 0.1) is 13.1 Å². The Bertz CT molecular complexity index is 878. The van der Waals surface area contributed by atoms with Crippen LogP contribution in [0.2, 0.25) is 0 Å². The molecule has 4 rings (SSSR count). The van der Waals surface area contributed by atoms with Gasteiger partial charge in [0.1, 0.15) is 18.4 Å². The number of hydroxylamine groups is 3. The van der Waals surface area contributed by atoms with E-state index in [-0.39, 0.29) is 10.6 Å². The molecule has 0 aliphatic carbocycles. The van der Waals surface area contributed by atoms with Gasteiger partial charge in [0.25, 0.3) is 5.91 Å². The Balaban J connectivity index is 1.66. The topological polar surface area (TPSA) is 56.3 Å². The summed E-state index contributed by atoms with van der Waals surface area (Å²) in [6.07, 6.45) is 5.50. The Kier molecular flexibility index (Phi) is 2.98. The lowest BCUT2D eigenvalue weighted by Gasteiger charge is -2.35. The summed E-state index contributed by atoms with van der Waals surface area (Å²) in [6, 6.07) is 6.16. The molecule has 2 N–H and O–H groups in total. The van der Waals surface area contributed by atoms with Crippen molar-refractivity contribution in [2.24, 2.45) is 0 Å². The predicted octanol–water partition coefficient (Wildman–Crippen LogP) is 2.86. The number of aromatic amines is 1. The fourth-order valence-corrected chi connectivity index (χ4v) is 3.45. The quantitative estimate of drug-likeness (QED) is 0.796. The number of nitrogens with one attached hydrogen (secondary N) is 1. The number of carbonyl (C=O) groups is 1. The lowest BCUT2D eigenvalue weighted by Crippen LogP contribution is -2.53. The highest BCUT2D eigenvalue weighted by atomic mass is 16.5. The zero-order chi connectivity index (χ0) is 16.2. The van der Waals surface area contributed by atoms with Crippen LogP contribution in [0.25, 0.3) is 10.9 Å². The monoisotopic (exact) mass is 310 g/mol. The molecule has 0 bridgehead atoms. The number of allylic oxidation sites excluding steroid dienone is 2. The van der Waals surface area contributed by atoms with E-state index >= 15 is 0 Å². The third kappa shape index (κ3) is 2.12. The number of nitrogens with zero attached hydrogens (tertiary/aromatic N) is 2. The second-order valence-electron chi connectivity index (χ2n) is 6.45. The number of quaternary nitrogens is 1. The molecular formula is C18H20N3O2+. The van der Waals surface area contributed by atoms with Gasteiger partial charge in [0.2, 0.25) is 0 Å². The summed E-state index contributed by atoms with van der Waals surface area (Å²) < 4.78 is -0.158. The van der Waals surface area contributed by atoms with Gasteiger partial charge in [-0.3, -0.25) is 4.79 Å². The van der Waals surface area contributed by atoms with Gasteiger partial charge in [-0.05, 0) is 31.5 Å². The minimum Gasteiger partial charge on any atom is -0.350 e. The normalized spacial score (nSPS) is 23.3. The van der Waals surface area contributed by atoms with E-state index in [1.165, 1.54) is 5.56 Å². The summed E-state index contributed by atoms with van der Waals surface area (Å²) in [5.74, 6) is -0.00426. The van der Waals surface area contributed by atoms with Crippen LogP contribution in [0.5, 0.6) is 0 Å². The number of H-pyrrole nitrogens is 1. The smallest absolute Gasteiger partial charge is 0.271 e. The average molecular weight is 310 g/mol. The lowest BCUT2D eigenvalue weighted by molar-refractivity contribution is -1.03. The Hall–Kier alpha value is -2.37. The highest BCUT2D eigenvalue weighted by Gasteiger charge is 2.40. The van der Waals surface area contributed by atoms with Gasteiger partial charge in [-0.2, -0.15) is 0 Å². The molecule has 3 heterocycles. The van der Waals surface area contributed by atoms with Gasteiger partial charge >= 0.3 is 0 Å². The first-order valence-corrected chi connectivity index (χ1v) is 7.86. The number of piperazine rings is 1. The average Bonchev–Trinajstić information content (AvgIpc) is 3.06. The maximum Gasteiger partial charge on any atom is 0.271 e. The highest BCUT2D eigenvalue weighted by Crippen LogP contribution is 2.29. The highest BCUT2D eigenvalue weighted by molar-refractivity contribution is 6.01. The first-order chi connectivity index (χ1) is 11.0. The van der Waals surface area contributed by atoms with Crippen molar-refractivity contribution in [1.29, 1.82) is 0 Å². The van der Waals surface area contributed by atoms with Crippen molar-refractivity contribution >= 4 is 16.8 Å². The van der Waals surface area contributed by atoms with Crippen molar-refractivity contribution in [3.05, 3.63) is 59.1 Å². The van der Waals surface area contributed by atoms with Crippen molar-refractivity contribution in [2.75, 3.05) is 19.6 Å². The van der Waals surface area contributed by atoms with Crippen molar-refractivity contribution in [1.82, 2.24) is 9.88 Å². The van der Waals surface area contributed by atoms with E-state index in [4.69, 9.17) is 0 Å². The number of amides is 1. The number of aryl methyl sites for hydroxylation is 2. The van der Waals surface area contributed by atoms with Crippen LogP contribution in [0.3, 0.4) is 0 Å². The molecule has 2 aliphatic heterocycles. The first kappa shape index (κ1) is 14.2. The molecule has 1 aromatic carbocycles. The van der Waals surface area contributed by atoms with Crippen LogP contribution in [0.15, 0.2) is 42.2 Å². The van der Waals surface area contributed by atoms with Gasteiger partial charge < -0.3 is 9.88 Å². The molecule has 1 atom stereocenters. The number of fused-ring (bicyclic) bond motifs is 2. The number of hydrogen-bond acceptors (Lipinski definition) is 2. The van der Waals surface area contributed by atoms with Gasteiger partial charge in [0.15, 0.2) is 5.70 Å². The second-order valence-corrected chi connectivity index (χ2v) is 6.45. The molecule has 0 spiro atoms. The summed E-state index contributed by atoms with van der Waals surface area (Å²) in [4.78, 5) is 18.0. The zero-order valence-corrected chi connectivity index (χ0v) is 13.3. The van der Waals surface area contributed by atoms with Crippen molar-refractivity contribution in [3.63, 3.8) is 0 Å². The third-order valence-electron chi connectivity index (χ3n) is 4.90. The molecule has 0 saturated carbocycles. The molecule has 2 aromatic rings. The minimum absolute atomic E-state index is 0.00426. The SMILES string of the molecule is Cc1ccc2[nH]c(C(=O)N3CC[N+]4(O)C=CC=C4C3)c(C)c2c1. The minimum atomic E-state index is -0.158. The van der Waals surface area contributed by atoms with E-state index in [2.05, 4.69) is 18.0 Å². The Morgan fingerprint density at radius 3 is 3.00 bits per heavy atom. The van der Waals surface area contributed by atoms with Crippen molar-refractivity contribution < 1.29 is 14.6 Å². The zero-order valence-electron chi connectivity index (χ0n) is 13.3. The van der Waals surface area contributed by atoms with Crippen LogP contribution in [0.4, 0.5) is 0 Å². The number of aromatic nitrogens is 1. The van der Waals surface area contributed by atoms with Crippen molar-refractivity contribution in [2.45, 2.75) is 13.8 Å². The Morgan fingerprint density at radius 2 is 2.17 bits per heavy atom. The molecule has 23 heavy (non-hydrogen) atoms. The molecule has 0 radical (unpaired) electrons. The van der Waals surface area contributed by atoms with E-state index in [9.17, 15) is 10.0 Å². The summed E-state index contributed by atoms with van der Waals surface area (Å²) in [7, 11) is 0. The second kappa shape index (κ2) is 4.81. The fraction of sp³-hybridized carbons (Fsp3) is 0.278. The lowest BCUT2D eigenvalue weighted by atomic mass is 10.1. The van der Waals surface area contributed by atoms with Crippen LogP contribution in [0.1, 0.15) is 21.6 Å². The van der Waals surface area contributed by atoms with Gasteiger partial charge in [0, 0.05) is 23.1 Å². The maximum absolute atomic E-state index is 12.9. The van der Waals surface area contributed by atoms with E-state index < -0.39 is 0 Å². The van der Waals surface area contributed by atoms with Crippen LogP contribution in [-0.2, 0) is 0 Å². The van der Waals surface area contributed by atoms with E-state index in [0.29, 0.717) is 25.3 Å². The van der Waals surface area contributed by atoms with Crippen LogP contribution < -0.4 is 0 Å². The molecular weight excluding hydrogens is 290 g/mol. The molecule has 2 aliphatic rings. The first-order valence-electron chi connectivity index (χ1n) is 7.86. The fourth-order valence-electron chi connectivity index (χ4n) is 3.45. The standard InChI is InChI=1S/C18H19N3O2/c1-12-5-6-16-15(10-12)13(2)17(19-16)18(22)20-7-9-21(23)8-3-4-14(21)11-20/h3-6,8,10,23H,7,9,11H2,1-2H3/p+1. The van der Waals surface area contributed by atoms with Crippen LogP contribution in [-0.4, -0.2) is 45.3 Å².